The number of azide groups is 1. The number of carboxylic acid groups (broad SMARTS) is 1. The minimum Gasteiger partial charge on any atom is -0.478 e. The molecular weight excluding hydrogens is 1930 g/mol. The van der Waals surface area contributed by atoms with E-state index in [2.05, 4.69) is 195 Å². The monoisotopic (exact) mass is 2090 g/mol. The zero-order valence-electron chi connectivity index (χ0n) is 90.0. The minimum atomic E-state index is -2.03. The molecule has 798 valence electrons. The topological polar surface area (TPSA) is 445 Å². The molecule has 0 spiro atoms. The lowest BCUT2D eigenvalue weighted by Gasteiger charge is -2.37. The van der Waals surface area contributed by atoms with Crippen LogP contribution in [-0.2, 0) is 92.5 Å². The van der Waals surface area contributed by atoms with Crippen molar-refractivity contribution in [2.75, 3.05) is 79.8 Å². The van der Waals surface area contributed by atoms with Gasteiger partial charge in [0.1, 0.15) is 63.2 Å². The Bertz CT molecular complexity index is 4980. The normalized spacial score (nSPS) is 17.8. The van der Waals surface area contributed by atoms with Crippen LogP contribution in [0.4, 0.5) is 24.0 Å². The number of hydrogen-bond donors (Lipinski definition) is 6. The van der Waals surface area contributed by atoms with Crippen molar-refractivity contribution in [2.24, 2.45) is 22.9 Å². The van der Waals surface area contributed by atoms with Crippen LogP contribution >= 0.6 is 0 Å². The van der Waals surface area contributed by atoms with Gasteiger partial charge < -0.3 is 86.3 Å². The highest BCUT2D eigenvalue weighted by Gasteiger charge is 2.47. The molecule has 34 nitrogen and oxygen atoms in total. The third kappa shape index (κ3) is 42.7. The fourth-order valence-corrected chi connectivity index (χ4v) is 16.9. The first-order valence-electron chi connectivity index (χ1n) is 48.3. The van der Waals surface area contributed by atoms with Crippen molar-refractivity contribution in [3.8, 4) is 0 Å². The number of rotatable bonds is 35. The number of aliphatic hydroxyl groups is 3. The smallest absolute Gasteiger partial charge is 0.417 e. The maximum absolute atomic E-state index is 13.2. The molecule has 0 bridgehead atoms. The van der Waals surface area contributed by atoms with Crippen LogP contribution < -0.4 is 10.6 Å². The maximum atomic E-state index is 13.2. The molecule has 6 N–H and O–H groups in total. The SMILES string of the molecule is CC(C)(C)[Si](C)(C)OC/C=C/C(O)N1C(=O)OC[C@H]1c1ccccc1.CC(C)(C)[Si](C)(C)OC/C=C/CO.CC(C)(C)[Si](C)(C)OC/C=C\C(=O)N1C(=O)OC[C@H]1c1ccccc1.CC(C)(C)[Si](C)(C)OC/C=C\C(=O)O.COC(=O)[C@@H](NC(=O)OCc1ccccc1)[C@@H](C)CO.C[C@H](CO[Si](C)(C)C(C)(C)C)[C@@H](N=[N+]=[N-])C(=O)N1C(=O)OC[C@H]1c1ccccc1.C[C@H]1COC(=O)[C@H]1NC(=O)OCc1ccccc1. The zero-order valence-corrected chi connectivity index (χ0v) is 95.0. The highest BCUT2D eigenvalue weighted by molar-refractivity contribution is 6.75. The highest BCUT2D eigenvalue weighted by Crippen LogP contribution is 2.42. The van der Waals surface area contributed by atoms with E-state index in [1.54, 1.807) is 44.2 Å². The Balaban J connectivity index is 0.000000439. The fraction of sp³-hybridized carbons (Fsp3) is 0.543. The molecule has 0 aromatic heterocycles. The van der Waals surface area contributed by atoms with E-state index in [0.717, 1.165) is 43.7 Å². The van der Waals surface area contributed by atoms with E-state index in [4.69, 9.17) is 71.4 Å². The lowest BCUT2D eigenvalue weighted by atomic mass is 10.0. The van der Waals surface area contributed by atoms with Crippen molar-refractivity contribution in [1.82, 2.24) is 25.3 Å². The second-order valence-electron chi connectivity index (χ2n) is 42.6. The summed E-state index contributed by atoms with van der Waals surface area (Å²) >= 11 is 0. The third-order valence-corrected chi connectivity index (χ3v) is 49.0. The van der Waals surface area contributed by atoms with Crippen LogP contribution in [0.5, 0.6) is 0 Å². The van der Waals surface area contributed by atoms with Crippen molar-refractivity contribution in [3.63, 3.8) is 0 Å². The number of carboxylic acids is 1. The summed E-state index contributed by atoms with van der Waals surface area (Å²) in [5.41, 5.74) is 13.4. The third-order valence-electron chi connectivity index (χ3n) is 26.5. The molecular formula is C105H162N8O26Si5. The molecule has 4 aliphatic heterocycles. The fourth-order valence-electron chi connectivity index (χ4n) is 12.0. The van der Waals surface area contributed by atoms with Crippen LogP contribution in [0, 0.1) is 17.8 Å². The van der Waals surface area contributed by atoms with Crippen LogP contribution in [0.3, 0.4) is 0 Å². The van der Waals surface area contributed by atoms with E-state index in [9.17, 15) is 53.1 Å². The number of aliphatic hydroxyl groups excluding tert-OH is 3. The second kappa shape index (κ2) is 59.7. The average Bonchev–Trinajstić information content (AvgIpc) is 1.57. The number of carbonyl (C=O) groups excluding carboxylic acids is 9. The van der Waals surface area contributed by atoms with Gasteiger partial charge in [-0.1, -0.05) is 312 Å². The maximum Gasteiger partial charge on any atom is 0.417 e. The van der Waals surface area contributed by atoms with Crippen LogP contribution in [0.15, 0.2) is 205 Å². The predicted octanol–water partition coefficient (Wildman–Crippen LogP) is 21.2. The molecule has 0 saturated carbocycles. The quantitative estimate of drug-likeness (QED) is 0.00321. The number of hydrogen-bond acceptors (Lipinski definition) is 26. The summed E-state index contributed by atoms with van der Waals surface area (Å²) < 4.78 is 64.6. The van der Waals surface area contributed by atoms with Crippen LogP contribution in [0.2, 0.25) is 90.7 Å². The van der Waals surface area contributed by atoms with Gasteiger partial charge in [-0.2, -0.15) is 0 Å². The molecule has 39 heteroatoms. The Morgan fingerprint density at radius 1 is 0.486 bits per heavy atom. The first kappa shape index (κ1) is 127. The minimum absolute atomic E-state index is 0.0158. The van der Waals surface area contributed by atoms with Gasteiger partial charge in [-0.3, -0.25) is 14.5 Å². The summed E-state index contributed by atoms with van der Waals surface area (Å²) in [4.78, 5) is 125. The number of nitrogens with zero attached hydrogens (tertiary/aromatic N) is 6. The van der Waals surface area contributed by atoms with E-state index in [-0.39, 0.29) is 102 Å². The van der Waals surface area contributed by atoms with E-state index in [1.165, 1.54) is 18.1 Å². The van der Waals surface area contributed by atoms with Crippen molar-refractivity contribution in [2.45, 2.75) is 271 Å². The summed E-state index contributed by atoms with van der Waals surface area (Å²) in [6.07, 6.45) is 8.50. The van der Waals surface area contributed by atoms with Gasteiger partial charge in [-0.15, -0.1) is 0 Å². The first-order chi connectivity index (χ1) is 67.0. The Kier molecular flexibility index (Phi) is 52.9. The largest absolute Gasteiger partial charge is 0.478 e. The van der Waals surface area contributed by atoms with Gasteiger partial charge >= 0.3 is 48.4 Å². The first-order valence-corrected chi connectivity index (χ1v) is 62.8. The van der Waals surface area contributed by atoms with E-state index < -0.39 is 138 Å². The number of methoxy groups -OCH3 is 1. The van der Waals surface area contributed by atoms with Gasteiger partial charge in [0.15, 0.2) is 47.8 Å². The summed E-state index contributed by atoms with van der Waals surface area (Å²) in [6, 6.07) is 42.9. The van der Waals surface area contributed by atoms with Crippen LogP contribution in [-0.4, -0.2) is 241 Å². The Hall–Kier alpha value is -10.8. The number of carbonyl (C=O) groups is 10. The number of cyclic esters (lactones) is 4. The molecule has 4 heterocycles. The van der Waals surface area contributed by atoms with E-state index in [0.29, 0.717) is 33.0 Å². The summed E-state index contributed by atoms with van der Waals surface area (Å²) in [7, 11) is -7.81. The number of aliphatic carboxylic acids is 1. The highest BCUT2D eigenvalue weighted by atomic mass is 28.4. The van der Waals surface area contributed by atoms with Crippen molar-refractivity contribution >= 4 is 102 Å². The Labute approximate surface area is 857 Å². The standard InChI is InChI=1S/C20H30N4O4Si.C19H29NO4Si.C19H27NO4Si.C14H19NO5.C13H15NO4.C10H20O3Si.C10H22O2Si/c1-14(12-28-29(5,6)20(2,3)4)17(22-23-21)18(25)24-16(13-27-19(24)26)15-10-8-7-9-11-15;2*1-19(2,3)25(4,5)24-13-9-12-17(21)20-16(14-23-18(20)22)15-10-7-6-8-11-15;1-10(8-16)12(13(17)19-2)15-14(18)20-9-11-6-4-3-5-7-11;1-9-7-17-12(15)11(9)14-13(16)18-8-10-5-3-2-4-6-10;1-10(2,3)14(4,5)13-8-6-7-9(11)12;1-10(2,3)13(4,5)12-9-7-6-8-11/h7-11,14,16-17H,12-13H2,1-6H3;6-12,16-17,21H,13-14H2,1-5H3;6-12,16H,13-14H2,1-5H3;3-7,10,12,16H,8-9H2,1-2H3,(H,15,18);2-6,9,11H,7-8H2,1H3,(H,14,16);6-7H,8H2,1-5H3,(H,11,12);6-7,11H,8-9H2,1-5H3/b;12-9+;12-9-;;;7-6-;7-6+/t14-,16+,17-;16-,17?;16-;10-,12-;9-,11-;;/m10000../s1. The van der Waals surface area contributed by atoms with Crippen LogP contribution in [0.25, 0.3) is 10.4 Å². The molecule has 10 atom stereocenters. The number of benzene rings is 5. The molecule has 5 aromatic rings. The number of imide groups is 2. The summed E-state index contributed by atoms with van der Waals surface area (Å²) in [5, 5.41) is 45.7. The molecule has 5 aromatic carbocycles. The van der Waals surface area contributed by atoms with Crippen molar-refractivity contribution in [1.29, 1.82) is 0 Å². The van der Waals surface area contributed by atoms with Crippen molar-refractivity contribution < 1.29 is 124 Å². The number of amides is 7. The Morgan fingerprint density at radius 2 is 0.854 bits per heavy atom. The average molecular weight is 2090 g/mol. The van der Waals surface area contributed by atoms with Gasteiger partial charge in [-0.05, 0) is 136 Å². The molecule has 0 radical (unpaired) electrons. The Morgan fingerprint density at radius 3 is 1.24 bits per heavy atom. The van der Waals surface area contributed by atoms with E-state index in [1.807, 2.05) is 165 Å². The van der Waals surface area contributed by atoms with Gasteiger partial charge in [0.2, 0.25) is 5.91 Å². The van der Waals surface area contributed by atoms with E-state index >= 15 is 0 Å². The number of alkyl carbamates (subject to hydrolysis) is 2. The zero-order chi connectivity index (χ0) is 109. The molecule has 9 rings (SSSR count). The van der Waals surface area contributed by atoms with Gasteiger partial charge in [0, 0.05) is 42.1 Å². The molecule has 7 amide bonds. The molecule has 0 aliphatic carbocycles. The van der Waals surface area contributed by atoms with Crippen molar-refractivity contribution in [3.05, 3.63) is 239 Å². The summed E-state index contributed by atoms with van der Waals surface area (Å²) in [6.45, 7) is 62.5. The lowest BCUT2D eigenvalue weighted by molar-refractivity contribution is -0.145. The van der Waals surface area contributed by atoms with Gasteiger partial charge in [0.05, 0.1) is 52.8 Å². The van der Waals surface area contributed by atoms with Crippen LogP contribution in [0.1, 0.15) is 171 Å². The lowest BCUT2D eigenvalue weighted by Crippen LogP contribution is -2.47. The second-order valence-corrected chi connectivity index (χ2v) is 66.7. The van der Waals surface area contributed by atoms with Gasteiger partial charge in [-0.25, -0.2) is 48.2 Å². The molecule has 144 heavy (non-hydrogen) atoms. The number of ether oxygens (including phenoxy) is 7. The predicted molar refractivity (Wildman–Crippen MR) is 568 cm³/mol. The number of nitrogens with one attached hydrogen (secondary N) is 2. The summed E-state index contributed by atoms with van der Waals surface area (Å²) in [5.74, 6) is -3.78. The molecule has 1 unspecified atom stereocenters. The molecule has 4 aliphatic rings. The number of esters is 2. The molecule has 4 fully saturated rings. The molecule has 4 saturated heterocycles. The van der Waals surface area contributed by atoms with Gasteiger partial charge in [0.25, 0.3) is 5.91 Å².